The first kappa shape index (κ1) is 45.6. The van der Waals surface area contributed by atoms with E-state index in [1.807, 2.05) is 0 Å². The Morgan fingerprint density at radius 1 is 0.247 bits per heavy atom. The van der Waals surface area contributed by atoms with E-state index in [4.69, 9.17) is 0 Å². The van der Waals surface area contributed by atoms with Crippen molar-refractivity contribution in [3.63, 3.8) is 0 Å². The van der Waals surface area contributed by atoms with Gasteiger partial charge < -0.3 is 9.80 Å². The van der Waals surface area contributed by atoms with Crippen molar-refractivity contribution < 1.29 is 0 Å². The lowest BCUT2D eigenvalue weighted by Crippen LogP contribution is -2.14. The summed E-state index contributed by atoms with van der Waals surface area (Å²) in [5.41, 5.74) is 14.9. The molecule has 0 aliphatic rings. The molecule has 0 saturated heterocycles. The third kappa shape index (κ3) is 8.25. The van der Waals surface area contributed by atoms with Gasteiger partial charge in [0.1, 0.15) is 0 Å². The molecule has 14 aromatic carbocycles. The molecule has 0 unspecified atom stereocenters. The molecule has 0 radical (unpaired) electrons. The predicted octanol–water partition coefficient (Wildman–Crippen LogP) is 21.4. The predicted molar refractivity (Wildman–Crippen MR) is 332 cm³/mol. The van der Waals surface area contributed by atoms with Crippen LogP contribution in [-0.2, 0) is 0 Å². The standard InChI is InChI=1S/C75H52N2/c1-51-32-42-61(43-33-51)76(60-24-6-3-7-25-60)74-67-28-14-16-30-69(67)75(70-31-17-15-29-68(70)74)77(62-44-36-53(37-45-62)35-34-52-18-4-2-5-19-52)63-46-47-66-71(50-63)73(59-41-39-55-21-9-11-23-57(55)49-59)65-27-13-12-26-64(65)72(66)58-40-38-54-20-8-10-22-56(54)48-58/h2-50H,1H3. The van der Waals surface area contributed by atoms with Crippen LogP contribution < -0.4 is 9.80 Å². The van der Waals surface area contributed by atoms with Gasteiger partial charge in [-0.25, -0.2) is 0 Å². The number of fused-ring (bicyclic) bond motifs is 6. The molecule has 0 fully saturated rings. The summed E-state index contributed by atoms with van der Waals surface area (Å²) in [5.74, 6) is 0. The fraction of sp³-hybridized carbons (Fsp3) is 0.0133. The zero-order valence-corrected chi connectivity index (χ0v) is 42.7. The van der Waals surface area contributed by atoms with Crippen LogP contribution in [0.25, 0.3) is 99.0 Å². The van der Waals surface area contributed by atoms with Gasteiger partial charge >= 0.3 is 0 Å². The molecular weight excluding hydrogens is 929 g/mol. The number of aryl methyl sites for hydroxylation is 1. The van der Waals surface area contributed by atoms with Crippen molar-refractivity contribution in [2.24, 2.45) is 0 Å². The Hall–Kier alpha value is -10.0. The highest BCUT2D eigenvalue weighted by atomic mass is 15.2. The molecule has 0 heterocycles. The quantitative estimate of drug-likeness (QED) is 0.0765. The van der Waals surface area contributed by atoms with Gasteiger partial charge in [-0.2, -0.15) is 0 Å². The maximum Gasteiger partial charge on any atom is 0.0619 e. The molecule has 0 amide bonds. The van der Waals surface area contributed by atoms with Crippen molar-refractivity contribution in [1.82, 2.24) is 0 Å². The van der Waals surface area contributed by atoms with E-state index >= 15 is 0 Å². The Morgan fingerprint density at radius 3 is 1.13 bits per heavy atom. The average Bonchev–Trinajstić information content (AvgIpc) is 3.56. The fourth-order valence-corrected chi connectivity index (χ4v) is 11.8. The molecule has 14 rings (SSSR count). The molecule has 0 bridgehead atoms. The Bertz CT molecular complexity index is 4500. The fourth-order valence-electron chi connectivity index (χ4n) is 11.8. The lowest BCUT2D eigenvalue weighted by molar-refractivity contribution is 1.29. The van der Waals surface area contributed by atoms with Gasteiger partial charge in [0.05, 0.1) is 11.4 Å². The first-order chi connectivity index (χ1) is 38.1. The summed E-state index contributed by atoms with van der Waals surface area (Å²) in [6, 6.07) is 105. The summed E-state index contributed by atoms with van der Waals surface area (Å²) < 4.78 is 0. The topological polar surface area (TPSA) is 6.48 Å². The molecule has 2 nitrogen and oxygen atoms in total. The monoisotopic (exact) mass is 980 g/mol. The van der Waals surface area contributed by atoms with Gasteiger partial charge in [-0.05, 0) is 144 Å². The molecule has 77 heavy (non-hydrogen) atoms. The molecule has 14 aromatic rings. The smallest absolute Gasteiger partial charge is 0.0619 e. The van der Waals surface area contributed by atoms with Crippen molar-refractivity contribution in [3.05, 3.63) is 302 Å². The van der Waals surface area contributed by atoms with E-state index < -0.39 is 0 Å². The number of hydrogen-bond acceptors (Lipinski definition) is 2. The van der Waals surface area contributed by atoms with E-state index in [-0.39, 0.29) is 0 Å². The van der Waals surface area contributed by atoms with Gasteiger partial charge in [-0.15, -0.1) is 0 Å². The Labute approximate surface area is 449 Å². The third-order valence-corrected chi connectivity index (χ3v) is 15.4. The largest absolute Gasteiger partial charge is 0.309 e. The van der Waals surface area contributed by atoms with Crippen LogP contribution in [-0.4, -0.2) is 0 Å². The lowest BCUT2D eigenvalue weighted by atomic mass is 9.85. The summed E-state index contributed by atoms with van der Waals surface area (Å²) in [6.45, 7) is 2.15. The van der Waals surface area contributed by atoms with Gasteiger partial charge in [-0.3, -0.25) is 0 Å². The Balaban J connectivity index is 1.07. The minimum absolute atomic E-state index is 1.06. The second-order valence-electron chi connectivity index (χ2n) is 20.1. The molecule has 0 N–H and O–H groups in total. The Morgan fingerprint density at radius 2 is 0.610 bits per heavy atom. The number of anilines is 6. The lowest BCUT2D eigenvalue weighted by Gasteiger charge is -2.33. The summed E-state index contributed by atoms with van der Waals surface area (Å²) in [5, 5.41) is 14.3. The van der Waals surface area contributed by atoms with Gasteiger partial charge in [0.15, 0.2) is 0 Å². The van der Waals surface area contributed by atoms with Crippen molar-refractivity contribution in [2.45, 2.75) is 6.92 Å². The van der Waals surface area contributed by atoms with Gasteiger partial charge in [0.25, 0.3) is 0 Å². The minimum atomic E-state index is 1.06. The molecule has 362 valence electrons. The third-order valence-electron chi connectivity index (χ3n) is 15.4. The number of nitrogens with zero attached hydrogens (tertiary/aromatic N) is 2. The van der Waals surface area contributed by atoms with Crippen molar-refractivity contribution in [3.8, 4) is 22.3 Å². The van der Waals surface area contributed by atoms with Crippen molar-refractivity contribution >= 4 is 111 Å². The van der Waals surface area contributed by atoms with E-state index in [0.717, 1.165) is 61.2 Å². The van der Waals surface area contributed by atoms with Gasteiger partial charge in [0.2, 0.25) is 0 Å². The summed E-state index contributed by atoms with van der Waals surface area (Å²) in [6.07, 6.45) is 4.39. The van der Waals surface area contributed by atoms with Crippen molar-refractivity contribution in [2.75, 3.05) is 9.80 Å². The number of hydrogen-bond donors (Lipinski definition) is 0. The molecule has 0 aliphatic heterocycles. The van der Waals surface area contributed by atoms with Crippen LogP contribution >= 0.6 is 0 Å². The van der Waals surface area contributed by atoms with Crippen LogP contribution in [0, 0.1) is 6.92 Å². The molecule has 0 aliphatic carbocycles. The highest BCUT2D eigenvalue weighted by Gasteiger charge is 2.27. The van der Waals surface area contributed by atoms with E-state index in [2.05, 4.69) is 314 Å². The molecule has 2 heteroatoms. The van der Waals surface area contributed by atoms with Crippen LogP contribution in [0.1, 0.15) is 16.7 Å². The number of benzene rings is 14. The summed E-state index contributed by atoms with van der Waals surface area (Å²) in [7, 11) is 0. The number of para-hydroxylation sites is 1. The van der Waals surface area contributed by atoms with E-state index in [1.165, 1.54) is 76.5 Å². The van der Waals surface area contributed by atoms with Crippen LogP contribution in [0.5, 0.6) is 0 Å². The summed E-state index contributed by atoms with van der Waals surface area (Å²) in [4.78, 5) is 4.96. The molecular formula is C75H52N2. The second-order valence-corrected chi connectivity index (χ2v) is 20.1. The first-order valence-corrected chi connectivity index (χ1v) is 26.6. The van der Waals surface area contributed by atoms with E-state index in [9.17, 15) is 0 Å². The Kier molecular flexibility index (Phi) is 11.5. The van der Waals surface area contributed by atoms with Crippen LogP contribution in [0.2, 0.25) is 0 Å². The number of rotatable bonds is 10. The van der Waals surface area contributed by atoms with Gasteiger partial charge in [0, 0.05) is 44.3 Å². The first-order valence-electron chi connectivity index (χ1n) is 26.6. The van der Waals surface area contributed by atoms with Crippen LogP contribution in [0.4, 0.5) is 34.1 Å². The molecule has 0 spiro atoms. The zero-order valence-electron chi connectivity index (χ0n) is 42.7. The van der Waals surface area contributed by atoms with Gasteiger partial charge in [-0.1, -0.05) is 242 Å². The molecule has 0 atom stereocenters. The van der Waals surface area contributed by atoms with E-state index in [1.54, 1.807) is 0 Å². The summed E-state index contributed by atoms with van der Waals surface area (Å²) >= 11 is 0. The SMILES string of the molecule is Cc1ccc(N(c2ccccc2)c2c3ccccc3c(N(c3ccc(C=Cc4ccccc4)cc3)c3ccc4c(-c5ccc6ccccc6c5)c5ccccc5c(-c5ccc6ccccc6c5)c4c3)c3ccccc23)cc1. The molecule has 0 saturated carbocycles. The highest BCUT2D eigenvalue weighted by molar-refractivity contribution is 6.25. The van der Waals surface area contributed by atoms with Crippen LogP contribution in [0.15, 0.2) is 285 Å². The van der Waals surface area contributed by atoms with E-state index in [0.29, 0.717) is 0 Å². The normalized spacial score (nSPS) is 11.6. The maximum absolute atomic E-state index is 2.52. The average molecular weight is 981 g/mol. The highest BCUT2D eigenvalue weighted by Crippen LogP contribution is 2.53. The van der Waals surface area contributed by atoms with Crippen molar-refractivity contribution in [1.29, 1.82) is 0 Å². The molecule has 0 aromatic heterocycles. The van der Waals surface area contributed by atoms with Crippen LogP contribution in [0.3, 0.4) is 0 Å². The second kappa shape index (κ2) is 19.4. The zero-order chi connectivity index (χ0) is 51.2. The minimum Gasteiger partial charge on any atom is -0.309 e. The maximum atomic E-state index is 2.52.